The molecule has 0 unspecified atom stereocenters. The van der Waals surface area contributed by atoms with Crippen molar-refractivity contribution in [1.29, 1.82) is 0 Å². The molecule has 0 fully saturated rings. The molecule has 0 bridgehead atoms. The van der Waals surface area contributed by atoms with Crippen molar-refractivity contribution in [2.45, 2.75) is 0 Å². The maximum atomic E-state index is 6.21. The Labute approximate surface area is 169 Å². The molecule has 28 heavy (non-hydrogen) atoms. The van der Waals surface area contributed by atoms with Gasteiger partial charge >= 0.3 is 0 Å². The molecule has 4 aromatic rings. The number of likely N-dealkylation sites (N-methyl/N-ethyl adjacent to an activating group) is 1. The SMILES string of the molecule is CN(C)CCNc1cc(/C=C/c2cc3ccccc3[nH]2)nc2ccc(Cl)cc12. The average Bonchev–Trinajstić information content (AvgIpc) is 3.09. The summed E-state index contributed by atoms with van der Waals surface area (Å²) in [4.78, 5) is 10.4. The van der Waals surface area contributed by atoms with Crippen molar-refractivity contribution in [3.8, 4) is 0 Å². The Morgan fingerprint density at radius 3 is 2.75 bits per heavy atom. The highest BCUT2D eigenvalue weighted by atomic mass is 35.5. The van der Waals surface area contributed by atoms with E-state index in [0.717, 1.165) is 46.6 Å². The first-order valence-corrected chi connectivity index (χ1v) is 9.71. The van der Waals surface area contributed by atoms with Gasteiger partial charge in [-0.1, -0.05) is 29.8 Å². The molecule has 0 amide bonds. The maximum absolute atomic E-state index is 6.21. The summed E-state index contributed by atoms with van der Waals surface area (Å²) in [7, 11) is 4.13. The minimum Gasteiger partial charge on any atom is -0.383 e. The Morgan fingerprint density at radius 1 is 1.07 bits per heavy atom. The number of H-pyrrole nitrogens is 1. The molecule has 4 rings (SSSR count). The number of fused-ring (bicyclic) bond motifs is 2. The van der Waals surface area contributed by atoms with E-state index in [1.165, 1.54) is 5.39 Å². The van der Waals surface area contributed by atoms with Gasteiger partial charge in [0.1, 0.15) is 0 Å². The number of aromatic amines is 1. The van der Waals surface area contributed by atoms with Gasteiger partial charge in [0.15, 0.2) is 0 Å². The van der Waals surface area contributed by atoms with Crippen LogP contribution >= 0.6 is 11.6 Å². The molecule has 0 aliphatic carbocycles. The van der Waals surface area contributed by atoms with Crippen LogP contribution in [0, 0.1) is 0 Å². The van der Waals surface area contributed by atoms with Crippen LogP contribution < -0.4 is 5.32 Å². The third-order valence-electron chi connectivity index (χ3n) is 4.65. The molecule has 4 nitrogen and oxygen atoms in total. The van der Waals surface area contributed by atoms with E-state index in [9.17, 15) is 0 Å². The first-order chi connectivity index (χ1) is 13.6. The van der Waals surface area contributed by atoms with Crippen LogP contribution in [0.5, 0.6) is 0 Å². The van der Waals surface area contributed by atoms with Crippen molar-refractivity contribution in [2.75, 3.05) is 32.5 Å². The highest BCUT2D eigenvalue weighted by Crippen LogP contribution is 2.27. The van der Waals surface area contributed by atoms with Crippen LogP contribution in [0.15, 0.2) is 54.6 Å². The molecule has 2 heterocycles. The number of hydrogen-bond acceptors (Lipinski definition) is 3. The second kappa shape index (κ2) is 8.05. The van der Waals surface area contributed by atoms with Gasteiger partial charge in [-0.25, -0.2) is 4.98 Å². The molecular formula is C23H23ClN4. The fourth-order valence-electron chi connectivity index (χ4n) is 3.23. The summed E-state index contributed by atoms with van der Waals surface area (Å²) in [5, 5.41) is 6.48. The zero-order valence-corrected chi connectivity index (χ0v) is 16.8. The molecule has 2 N–H and O–H groups in total. The van der Waals surface area contributed by atoms with Crippen molar-refractivity contribution >= 4 is 51.2 Å². The van der Waals surface area contributed by atoms with Crippen LogP contribution in [0.2, 0.25) is 5.02 Å². The molecule has 0 spiro atoms. The molecule has 0 radical (unpaired) electrons. The molecule has 5 heteroatoms. The second-order valence-corrected chi connectivity index (χ2v) is 7.57. The third kappa shape index (κ3) is 4.19. The summed E-state index contributed by atoms with van der Waals surface area (Å²) >= 11 is 6.21. The van der Waals surface area contributed by atoms with Crippen molar-refractivity contribution in [3.05, 3.63) is 71.0 Å². The van der Waals surface area contributed by atoms with Crippen molar-refractivity contribution < 1.29 is 0 Å². The lowest BCUT2D eigenvalue weighted by molar-refractivity contribution is 0.425. The van der Waals surface area contributed by atoms with Crippen LogP contribution in [0.1, 0.15) is 11.4 Å². The zero-order chi connectivity index (χ0) is 19.5. The zero-order valence-electron chi connectivity index (χ0n) is 16.0. The molecular weight excluding hydrogens is 368 g/mol. The fraction of sp³-hybridized carbons (Fsp3) is 0.174. The third-order valence-corrected chi connectivity index (χ3v) is 4.88. The Kier molecular flexibility index (Phi) is 5.33. The van der Waals surface area contributed by atoms with E-state index in [-0.39, 0.29) is 0 Å². The van der Waals surface area contributed by atoms with E-state index in [2.05, 4.69) is 59.6 Å². The van der Waals surface area contributed by atoms with E-state index >= 15 is 0 Å². The number of nitrogens with zero attached hydrogens (tertiary/aromatic N) is 2. The van der Waals surface area contributed by atoms with E-state index in [1.807, 2.05) is 36.4 Å². The lowest BCUT2D eigenvalue weighted by Crippen LogP contribution is -2.20. The van der Waals surface area contributed by atoms with Gasteiger partial charge < -0.3 is 15.2 Å². The van der Waals surface area contributed by atoms with Crippen LogP contribution in [-0.4, -0.2) is 42.1 Å². The van der Waals surface area contributed by atoms with Crippen LogP contribution in [0.4, 0.5) is 5.69 Å². The standard InChI is InChI=1S/C23H23ClN4/c1-28(2)12-11-25-23-15-19(27-22-10-7-17(24)14-20(22)23)9-8-18-13-16-5-3-4-6-21(16)26-18/h3-10,13-15,26H,11-12H2,1-2H3,(H,25,27)/b9-8+. The number of aromatic nitrogens is 2. The summed E-state index contributed by atoms with van der Waals surface area (Å²) in [6.45, 7) is 1.80. The molecule has 2 aromatic heterocycles. The lowest BCUT2D eigenvalue weighted by atomic mass is 10.1. The van der Waals surface area contributed by atoms with Gasteiger partial charge in [-0.3, -0.25) is 0 Å². The summed E-state index contributed by atoms with van der Waals surface area (Å²) in [5.41, 5.74) is 5.07. The van der Waals surface area contributed by atoms with Crippen LogP contribution in [-0.2, 0) is 0 Å². The fourth-order valence-corrected chi connectivity index (χ4v) is 3.40. The Balaban J connectivity index is 1.66. The first kappa shape index (κ1) is 18.5. The van der Waals surface area contributed by atoms with Gasteiger partial charge in [0.05, 0.1) is 11.2 Å². The van der Waals surface area contributed by atoms with E-state index in [4.69, 9.17) is 16.6 Å². The Hall–Kier alpha value is -2.82. The number of halogens is 1. The quantitative estimate of drug-likeness (QED) is 0.456. The Morgan fingerprint density at radius 2 is 1.93 bits per heavy atom. The number of benzene rings is 2. The van der Waals surface area contributed by atoms with Gasteiger partial charge in [0, 0.05) is 40.4 Å². The maximum Gasteiger partial charge on any atom is 0.0731 e. The summed E-state index contributed by atoms with van der Waals surface area (Å²) in [6.07, 6.45) is 4.10. The minimum absolute atomic E-state index is 0.714. The van der Waals surface area contributed by atoms with Gasteiger partial charge in [0.2, 0.25) is 0 Å². The molecule has 0 aliphatic rings. The van der Waals surface area contributed by atoms with Crippen molar-refractivity contribution in [2.24, 2.45) is 0 Å². The van der Waals surface area contributed by atoms with E-state index < -0.39 is 0 Å². The topological polar surface area (TPSA) is 44.0 Å². The predicted octanol–water partition coefficient (Wildman–Crippen LogP) is 5.51. The molecule has 0 saturated heterocycles. The van der Waals surface area contributed by atoms with Crippen molar-refractivity contribution in [1.82, 2.24) is 14.9 Å². The monoisotopic (exact) mass is 390 g/mol. The van der Waals surface area contributed by atoms with Gasteiger partial charge in [-0.2, -0.15) is 0 Å². The van der Waals surface area contributed by atoms with E-state index in [1.54, 1.807) is 0 Å². The number of hydrogen-bond donors (Lipinski definition) is 2. The smallest absolute Gasteiger partial charge is 0.0731 e. The number of para-hydroxylation sites is 1. The normalized spacial score (nSPS) is 11.9. The first-order valence-electron chi connectivity index (χ1n) is 9.33. The van der Waals surface area contributed by atoms with Gasteiger partial charge in [-0.15, -0.1) is 0 Å². The predicted molar refractivity (Wildman–Crippen MR) is 121 cm³/mol. The largest absolute Gasteiger partial charge is 0.383 e. The number of pyridine rings is 1. The Bertz CT molecular complexity index is 1110. The summed E-state index contributed by atoms with van der Waals surface area (Å²) < 4.78 is 0. The molecule has 0 saturated carbocycles. The molecule has 0 aliphatic heterocycles. The van der Waals surface area contributed by atoms with Gasteiger partial charge in [-0.05, 0) is 68.0 Å². The average molecular weight is 391 g/mol. The van der Waals surface area contributed by atoms with Gasteiger partial charge in [0.25, 0.3) is 0 Å². The summed E-state index contributed by atoms with van der Waals surface area (Å²) in [6, 6.07) is 18.3. The number of rotatable bonds is 6. The number of nitrogens with one attached hydrogen (secondary N) is 2. The van der Waals surface area contributed by atoms with E-state index in [0.29, 0.717) is 5.02 Å². The van der Waals surface area contributed by atoms with Crippen LogP contribution in [0.25, 0.3) is 34.0 Å². The molecule has 2 aromatic carbocycles. The highest BCUT2D eigenvalue weighted by Gasteiger charge is 2.06. The molecule has 0 atom stereocenters. The minimum atomic E-state index is 0.714. The molecule has 142 valence electrons. The highest BCUT2D eigenvalue weighted by molar-refractivity contribution is 6.31. The summed E-state index contributed by atoms with van der Waals surface area (Å²) in [5.74, 6) is 0. The van der Waals surface area contributed by atoms with Crippen LogP contribution in [0.3, 0.4) is 0 Å². The lowest BCUT2D eigenvalue weighted by Gasteiger charge is -2.14. The number of anilines is 1. The van der Waals surface area contributed by atoms with Crippen molar-refractivity contribution in [3.63, 3.8) is 0 Å². The second-order valence-electron chi connectivity index (χ2n) is 7.13.